The van der Waals surface area contributed by atoms with Crippen LogP contribution in [0.5, 0.6) is 11.5 Å². The minimum Gasteiger partial charge on any atom is -0.457 e. The van der Waals surface area contributed by atoms with Gasteiger partial charge in [0.05, 0.1) is 0 Å². The maximum atomic E-state index is 13.2. The van der Waals surface area contributed by atoms with Crippen LogP contribution < -0.4 is 10.1 Å². The van der Waals surface area contributed by atoms with Crippen LogP contribution in [0.4, 0.5) is 4.39 Å². The van der Waals surface area contributed by atoms with Gasteiger partial charge >= 0.3 is 0 Å². The molecule has 0 fully saturated rings. The molecule has 3 heteroatoms. The number of nitrogens with one attached hydrogen (secondary N) is 1. The van der Waals surface area contributed by atoms with Gasteiger partial charge in [-0.15, -0.1) is 0 Å². The molecule has 0 spiro atoms. The van der Waals surface area contributed by atoms with Crippen LogP contribution in [0.3, 0.4) is 0 Å². The van der Waals surface area contributed by atoms with Crippen molar-refractivity contribution in [1.29, 1.82) is 0 Å². The van der Waals surface area contributed by atoms with Gasteiger partial charge < -0.3 is 10.1 Å². The molecule has 0 atom stereocenters. The van der Waals surface area contributed by atoms with E-state index in [9.17, 15) is 4.39 Å². The number of rotatable bonds is 4. The summed E-state index contributed by atoms with van der Waals surface area (Å²) >= 11 is 0. The van der Waals surface area contributed by atoms with E-state index in [0.29, 0.717) is 11.3 Å². The van der Waals surface area contributed by atoms with Crippen molar-refractivity contribution in [2.75, 3.05) is 7.05 Å². The Hall–Kier alpha value is -1.87. The Morgan fingerprint density at radius 3 is 2.53 bits per heavy atom. The van der Waals surface area contributed by atoms with E-state index in [1.54, 1.807) is 19.1 Å². The summed E-state index contributed by atoms with van der Waals surface area (Å²) in [5.41, 5.74) is 2.80. The molecule has 0 amide bonds. The Bertz CT molecular complexity index is 581. The number of hydrogen-bond acceptors (Lipinski definition) is 2. The molecule has 0 aromatic heterocycles. The molecule has 2 nitrogen and oxygen atoms in total. The molecule has 0 heterocycles. The van der Waals surface area contributed by atoms with Crippen molar-refractivity contribution in [2.45, 2.75) is 20.4 Å². The van der Waals surface area contributed by atoms with Crippen LogP contribution >= 0.6 is 0 Å². The monoisotopic (exact) mass is 259 g/mol. The zero-order chi connectivity index (χ0) is 13.8. The molecule has 0 aliphatic heterocycles. The summed E-state index contributed by atoms with van der Waals surface area (Å²) in [5, 5.41) is 3.11. The highest BCUT2D eigenvalue weighted by atomic mass is 19.1. The molecule has 19 heavy (non-hydrogen) atoms. The van der Waals surface area contributed by atoms with Crippen molar-refractivity contribution in [3.63, 3.8) is 0 Å². The maximum Gasteiger partial charge on any atom is 0.130 e. The molecule has 1 N–H and O–H groups in total. The fourth-order valence-corrected chi connectivity index (χ4v) is 1.88. The second-order valence-electron chi connectivity index (χ2n) is 4.64. The molecule has 2 rings (SSSR count). The van der Waals surface area contributed by atoms with E-state index in [1.165, 1.54) is 6.07 Å². The average Bonchev–Trinajstić information content (AvgIpc) is 2.38. The zero-order valence-corrected chi connectivity index (χ0v) is 11.5. The van der Waals surface area contributed by atoms with Gasteiger partial charge in [-0.3, -0.25) is 0 Å². The molecule has 100 valence electrons. The SMILES string of the molecule is CNCc1ccc(C)c(Oc2ccc(F)c(C)c2)c1. The largest absolute Gasteiger partial charge is 0.457 e. The normalized spacial score (nSPS) is 10.5. The van der Waals surface area contributed by atoms with E-state index in [4.69, 9.17) is 4.74 Å². The van der Waals surface area contributed by atoms with Crippen molar-refractivity contribution in [2.24, 2.45) is 0 Å². The van der Waals surface area contributed by atoms with Gasteiger partial charge in [-0.1, -0.05) is 12.1 Å². The Balaban J connectivity index is 2.26. The van der Waals surface area contributed by atoms with Gasteiger partial charge in [0.2, 0.25) is 0 Å². The second-order valence-corrected chi connectivity index (χ2v) is 4.64. The fourth-order valence-electron chi connectivity index (χ4n) is 1.88. The Morgan fingerprint density at radius 1 is 1.05 bits per heavy atom. The lowest BCUT2D eigenvalue weighted by molar-refractivity contribution is 0.475. The number of benzene rings is 2. The molecule has 2 aromatic rings. The third kappa shape index (κ3) is 3.32. The Labute approximate surface area is 113 Å². The number of aryl methyl sites for hydroxylation is 2. The highest BCUT2D eigenvalue weighted by Gasteiger charge is 2.05. The van der Waals surface area contributed by atoms with Crippen LogP contribution in [0.1, 0.15) is 16.7 Å². The van der Waals surface area contributed by atoms with Crippen molar-refractivity contribution in [1.82, 2.24) is 5.32 Å². The third-order valence-electron chi connectivity index (χ3n) is 2.99. The van der Waals surface area contributed by atoms with E-state index >= 15 is 0 Å². The molecule has 0 unspecified atom stereocenters. The van der Waals surface area contributed by atoms with Crippen molar-refractivity contribution < 1.29 is 9.13 Å². The van der Waals surface area contributed by atoms with Crippen molar-refractivity contribution in [3.05, 3.63) is 58.9 Å². The smallest absolute Gasteiger partial charge is 0.130 e. The first-order valence-electron chi connectivity index (χ1n) is 6.28. The number of ether oxygens (including phenoxy) is 1. The summed E-state index contributed by atoms with van der Waals surface area (Å²) in [7, 11) is 1.91. The third-order valence-corrected chi connectivity index (χ3v) is 2.99. The van der Waals surface area contributed by atoms with E-state index in [-0.39, 0.29) is 5.82 Å². The molecule has 0 radical (unpaired) electrons. The first-order chi connectivity index (χ1) is 9.10. The van der Waals surface area contributed by atoms with Gasteiger partial charge in [0.1, 0.15) is 17.3 Å². The van der Waals surface area contributed by atoms with Gasteiger partial charge in [0, 0.05) is 6.54 Å². The average molecular weight is 259 g/mol. The molecule has 0 saturated carbocycles. The lowest BCUT2D eigenvalue weighted by Gasteiger charge is -2.11. The van der Waals surface area contributed by atoms with E-state index in [2.05, 4.69) is 11.4 Å². The minimum atomic E-state index is -0.215. The molecular weight excluding hydrogens is 241 g/mol. The van der Waals surface area contributed by atoms with Gasteiger partial charge in [0.25, 0.3) is 0 Å². The zero-order valence-electron chi connectivity index (χ0n) is 11.5. The summed E-state index contributed by atoms with van der Waals surface area (Å²) in [4.78, 5) is 0. The van der Waals surface area contributed by atoms with Crippen LogP contribution in [-0.2, 0) is 6.54 Å². The van der Waals surface area contributed by atoms with Crippen LogP contribution in [0, 0.1) is 19.7 Å². The van der Waals surface area contributed by atoms with Gasteiger partial charge in [-0.05, 0) is 61.9 Å². The molecule has 2 aromatic carbocycles. The van der Waals surface area contributed by atoms with Crippen LogP contribution in [0.25, 0.3) is 0 Å². The topological polar surface area (TPSA) is 21.3 Å². The molecule has 0 saturated heterocycles. The van der Waals surface area contributed by atoms with Gasteiger partial charge in [-0.2, -0.15) is 0 Å². The Morgan fingerprint density at radius 2 is 1.84 bits per heavy atom. The molecular formula is C16H18FNO. The van der Waals surface area contributed by atoms with Gasteiger partial charge in [0.15, 0.2) is 0 Å². The Kier molecular flexibility index (Phi) is 4.17. The summed E-state index contributed by atoms with van der Waals surface area (Å²) in [6.45, 7) is 4.51. The predicted octanol–water partition coefficient (Wildman–Crippen LogP) is 3.95. The summed E-state index contributed by atoms with van der Waals surface area (Å²) in [5.74, 6) is 1.25. The summed E-state index contributed by atoms with van der Waals surface area (Å²) in [6.07, 6.45) is 0. The van der Waals surface area contributed by atoms with Gasteiger partial charge in [-0.25, -0.2) is 4.39 Å². The standard InChI is InChI=1S/C16H18FNO/c1-11-4-5-13(10-18-3)9-16(11)19-14-6-7-15(17)12(2)8-14/h4-9,18H,10H2,1-3H3. The first-order valence-corrected chi connectivity index (χ1v) is 6.28. The lowest BCUT2D eigenvalue weighted by atomic mass is 10.1. The van der Waals surface area contributed by atoms with Crippen molar-refractivity contribution in [3.8, 4) is 11.5 Å². The number of halogens is 1. The fraction of sp³-hybridized carbons (Fsp3) is 0.250. The van der Waals surface area contributed by atoms with Crippen LogP contribution in [-0.4, -0.2) is 7.05 Å². The lowest BCUT2D eigenvalue weighted by Crippen LogP contribution is -2.05. The highest BCUT2D eigenvalue weighted by Crippen LogP contribution is 2.27. The van der Waals surface area contributed by atoms with Crippen LogP contribution in [0.2, 0.25) is 0 Å². The highest BCUT2D eigenvalue weighted by molar-refractivity contribution is 5.41. The molecule has 0 aliphatic carbocycles. The van der Waals surface area contributed by atoms with Crippen LogP contribution in [0.15, 0.2) is 36.4 Å². The quantitative estimate of drug-likeness (QED) is 0.897. The minimum absolute atomic E-state index is 0.215. The summed E-state index contributed by atoms with van der Waals surface area (Å²) < 4.78 is 19.1. The number of hydrogen-bond donors (Lipinski definition) is 1. The molecule has 0 aliphatic rings. The molecule has 0 bridgehead atoms. The van der Waals surface area contributed by atoms with E-state index < -0.39 is 0 Å². The second kappa shape index (κ2) is 5.85. The summed E-state index contributed by atoms with van der Waals surface area (Å²) in [6, 6.07) is 10.9. The van der Waals surface area contributed by atoms with E-state index in [0.717, 1.165) is 23.4 Å². The predicted molar refractivity (Wildman–Crippen MR) is 75.2 cm³/mol. The van der Waals surface area contributed by atoms with E-state index in [1.807, 2.05) is 26.1 Å². The maximum absolute atomic E-state index is 13.2. The van der Waals surface area contributed by atoms with Crippen molar-refractivity contribution >= 4 is 0 Å². The first kappa shape index (κ1) is 13.6.